The maximum atomic E-state index is 11.8. The molecule has 2 aromatic rings. The molecule has 1 amide bonds. The molecule has 1 aromatic carbocycles. The summed E-state index contributed by atoms with van der Waals surface area (Å²) in [5.41, 5.74) is 1.78. The lowest BCUT2D eigenvalue weighted by atomic mass is 10.1. The Morgan fingerprint density at radius 3 is 2.63 bits per heavy atom. The van der Waals surface area contributed by atoms with Crippen LogP contribution in [0, 0.1) is 0 Å². The van der Waals surface area contributed by atoms with Gasteiger partial charge in [0.2, 0.25) is 0 Å². The van der Waals surface area contributed by atoms with E-state index < -0.39 is 6.10 Å². The molecule has 0 spiro atoms. The van der Waals surface area contributed by atoms with E-state index in [9.17, 15) is 14.7 Å². The van der Waals surface area contributed by atoms with Gasteiger partial charge in [-0.2, -0.15) is 11.3 Å². The SMILES string of the molecule is O=Cc1ccc(C(=O)NCC(O)c2ccsc2)cc1. The van der Waals surface area contributed by atoms with Gasteiger partial charge in [0, 0.05) is 17.7 Å². The number of hydrogen-bond donors (Lipinski definition) is 2. The molecule has 0 aliphatic heterocycles. The number of nitrogens with one attached hydrogen (secondary N) is 1. The van der Waals surface area contributed by atoms with Gasteiger partial charge < -0.3 is 10.4 Å². The lowest BCUT2D eigenvalue weighted by Gasteiger charge is -2.10. The third kappa shape index (κ3) is 3.49. The van der Waals surface area contributed by atoms with Crippen LogP contribution in [0.25, 0.3) is 0 Å². The highest BCUT2D eigenvalue weighted by Crippen LogP contribution is 2.15. The van der Waals surface area contributed by atoms with Crippen LogP contribution in [0.1, 0.15) is 32.4 Å². The molecule has 1 atom stereocenters. The van der Waals surface area contributed by atoms with E-state index in [1.165, 1.54) is 11.3 Å². The van der Waals surface area contributed by atoms with Gasteiger partial charge in [0.25, 0.3) is 5.91 Å². The van der Waals surface area contributed by atoms with Crippen molar-refractivity contribution in [2.45, 2.75) is 6.10 Å². The van der Waals surface area contributed by atoms with Crippen LogP contribution in [-0.2, 0) is 0 Å². The van der Waals surface area contributed by atoms with E-state index in [2.05, 4.69) is 5.32 Å². The summed E-state index contributed by atoms with van der Waals surface area (Å²) < 4.78 is 0. The Morgan fingerprint density at radius 1 is 1.32 bits per heavy atom. The van der Waals surface area contributed by atoms with E-state index in [1.807, 2.05) is 16.8 Å². The Morgan fingerprint density at radius 2 is 2.05 bits per heavy atom. The van der Waals surface area contributed by atoms with Crippen molar-refractivity contribution in [1.82, 2.24) is 5.32 Å². The van der Waals surface area contributed by atoms with Crippen molar-refractivity contribution in [3.8, 4) is 0 Å². The number of rotatable bonds is 5. The number of hydrogen-bond acceptors (Lipinski definition) is 4. The Labute approximate surface area is 114 Å². The minimum Gasteiger partial charge on any atom is -0.387 e. The molecule has 19 heavy (non-hydrogen) atoms. The maximum absolute atomic E-state index is 11.8. The highest BCUT2D eigenvalue weighted by atomic mass is 32.1. The quantitative estimate of drug-likeness (QED) is 0.820. The van der Waals surface area contributed by atoms with Gasteiger partial charge in [-0.3, -0.25) is 9.59 Å². The lowest BCUT2D eigenvalue weighted by Crippen LogP contribution is -2.28. The molecule has 1 heterocycles. The third-order valence-electron chi connectivity index (χ3n) is 2.69. The largest absolute Gasteiger partial charge is 0.387 e. The zero-order valence-corrected chi connectivity index (χ0v) is 10.9. The smallest absolute Gasteiger partial charge is 0.251 e. The van der Waals surface area contributed by atoms with Crippen LogP contribution in [0.2, 0.25) is 0 Å². The van der Waals surface area contributed by atoms with Gasteiger partial charge in [-0.25, -0.2) is 0 Å². The second kappa shape index (κ2) is 6.26. The van der Waals surface area contributed by atoms with Crippen LogP contribution in [-0.4, -0.2) is 23.8 Å². The number of benzene rings is 1. The number of amides is 1. The van der Waals surface area contributed by atoms with Gasteiger partial charge in [-0.15, -0.1) is 0 Å². The summed E-state index contributed by atoms with van der Waals surface area (Å²) in [7, 11) is 0. The second-order valence-electron chi connectivity index (χ2n) is 4.02. The van der Waals surface area contributed by atoms with Crippen molar-refractivity contribution < 1.29 is 14.7 Å². The van der Waals surface area contributed by atoms with Crippen LogP contribution in [0.5, 0.6) is 0 Å². The molecular formula is C14H13NO3S. The molecule has 0 radical (unpaired) electrons. The third-order valence-corrected chi connectivity index (χ3v) is 3.39. The summed E-state index contributed by atoms with van der Waals surface area (Å²) >= 11 is 1.50. The van der Waals surface area contributed by atoms with Crippen molar-refractivity contribution in [2.75, 3.05) is 6.54 Å². The molecule has 0 aliphatic rings. The zero-order chi connectivity index (χ0) is 13.7. The Kier molecular flexibility index (Phi) is 4.43. The van der Waals surface area contributed by atoms with Crippen molar-refractivity contribution >= 4 is 23.5 Å². The number of aldehydes is 1. The first kappa shape index (κ1) is 13.5. The first-order chi connectivity index (χ1) is 9.20. The number of thiophene rings is 1. The van der Waals surface area contributed by atoms with Gasteiger partial charge in [0.15, 0.2) is 0 Å². The summed E-state index contributed by atoms with van der Waals surface area (Å²) in [6.45, 7) is 0.158. The molecular weight excluding hydrogens is 262 g/mol. The summed E-state index contributed by atoms with van der Waals surface area (Å²) in [5.74, 6) is -0.272. The Hall–Kier alpha value is -1.98. The van der Waals surface area contributed by atoms with E-state index in [0.717, 1.165) is 11.8 Å². The normalized spacial score (nSPS) is 11.8. The minimum absolute atomic E-state index is 0.158. The van der Waals surface area contributed by atoms with E-state index in [-0.39, 0.29) is 12.5 Å². The van der Waals surface area contributed by atoms with Crippen LogP contribution >= 0.6 is 11.3 Å². The first-order valence-corrected chi connectivity index (χ1v) is 6.68. The van der Waals surface area contributed by atoms with Crippen molar-refractivity contribution in [2.24, 2.45) is 0 Å². The van der Waals surface area contributed by atoms with Crippen LogP contribution < -0.4 is 5.32 Å². The number of aliphatic hydroxyl groups excluding tert-OH is 1. The van der Waals surface area contributed by atoms with Gasteiger partial charge in [-0.05, 0) is 34.5 Å². The number of carbonyl (C=O) groups is 2. The van der Waals surface area contributed by atoms with Crippen LogP contribution in [0.15, 0.2) is 41.1 Å². The Balaban J connectivity index is 1.91. The zero-order valence-electron chi connectivity index (χ0n) is 10.1. The molecule has 2 rings (SSSR count). The number of aliphatic hydroxyl groups is 1. The first-order valence-electron chi connectivity index (χ1n) is 5.74. The molecule has 98 valence electrons. The minimum atomic E-state index is -0.704. The molecule has 0 fully saturated rings. The summed E-state index contributed by atoms with van der Waals surface area (Å²) in [5, 5.41) is 16.2. The molecule has 0 saturated heterocycles. The van der Waals surface area contributed by atoms with E-state index in [4.69, 9.17) is 0 Å². The fraction of sp³-hybridized carbons (Fsp3) is 0.143. The van der Waals surface area contributed by atoms with Gasteiger partial charge in [0.05, 0.1) is 6.10 Å². The fourth-order valence-electron chi connectivity index (χ4n) is 1.59. The average Bonchev–Trinajstić information content (AvgIpc) is 2.98. The standard InChI is InChI=1S/C14H13NO3S/c16-8-10-1-3-11(4-2-10)14(18)15-7-13(17)12-5-6-19-9-12/h1-6,8-9,13,17H,7H2,(H,15,18). The van der Waals surface area contributed by atoms with Crippen molar-refractivity contribution in [3.63, 3.8) is 0 Å². The highest BCUT2D eigenvalue weighted by Gasteiger charge is 2.11. The maximum Gasteiger partial charge on any atom is 0.251 e. The second-order valence-corrected chi connectivity index (χ2v) is 4.80. The van der Waals surface area contributed by atoms with Crippen molar-refractivity contribution in [1.29, 1.82) is 0 Å². The monoisotopic (exact) mass is 275 g/mol. The summed E-state index contributed by atoms with van der Waals surface area (Å²) in [6, 6.07) is 8.14. The molecule has 5 heteroatoms. The predicted octanol–water partition coefficient (Wildman–Crippen LogP) is 2.02. The lowest BCUT2D eigenvalue weighted by molar-refractivity contribution is 0.0916. The Bertz CT molecular complexity index is 549. The summed E-state index contributed by atoms with van der Waals surface area (Å²) in [4.78, 5) is 22.3. The molecule has 4 nitrogen and oxygen atoms in total. The van der Waals surface area contributed by atoms with Crippen LogP contribution in [0.3, 0.4) is 0 Å². The molecule has 2 N–H and O–H groups in total. The average molecular weight is 275 g/mol. The highest BCUT2D eigenvalue weighted by molar-refractivity contribution is 7.07. The van der Waals surface area contributed by atoms with Crippen LogP contribution in [0.4, 0.5) is 0 Å². The summed E-state index contributed by atoms with van der Waals surface area (Å²) in [6.07, 6.45) is 0.0200. The molecule has 0 aliphatic carbocycles. The molecule has 0 bridgehead atoms. The number of carbonyl (C=O) groups excluding carboxylic acids is 2. The molecule has 1 aromatic heterocycles. The van der Waals surface area contributed by atoms with Gasteiger partial charge in [-0.1, -0.05) is 12.1 Å². The molecule has 1 unspecified atom stereocenters. The fourth-order valence-corrected chi connectivity index (χ4v) is 2.29. The van der Waals surface area contributed by atoms with E-state index in [1.54, 1.807) is 24.3 Å². The topological polar surface area (TPSA) is 66.4 Å². The van der Waals surface area contributed by atoms with E-state index in [0.29, 0.717) is 11.1 Å². The van der Waals surface area contributed by atoms with E-state index >= 15 is 0 Å². The van der Waals surface area contributed by atoms with Gasteiger partial charge >= 0.3 is 0 Å². The van der Waals surface area contributed by atoms with Gasteiger partial charge in [0.1, 0.15) is 6.29 Å². The van der Waals surface area contributed by atoms with Crippen molar-refractivity contribution in [3.05, 3.63) is 57.8 Å². The molecule has 0 saturated carbocycles. The predicted molar refractivity (Wildman–Crippen MR) is 73.4 cm³/mol.